The highest BCUT2D eigenvalue weighted by Gasteiger charge is 2.07. The van der Waals surface area contributed by atoms with Gasteiger partial charge in [0.15, 0.2) is 0 Å². The van der Waals surface area contributed by atoms with E-state index in [1.807, 2.05) is 10.8 Å². The molecule has 3 aromatic rings. The van der Waals surface area contributed by atoms with Crippen LogP contribution in [0.5, 0.6) is 0 Å². The maximum absolute atomic E-state index is 4.76. The highest BCUT2D eigenvalue weighted by atomic mass is 15.3. The average molecular weight is 337 g/mol. The third kappa shape index (κ3) is 3.99. The number of imidazole rings is 1. The molecule has 5 heteroatoms. The number of allylic oxidation sites excluding steroid dienone is 1. The molecule has 0 aliphatic carbocycles. The normalized spacial score (nSPS) is 11.3. The number of fused-ring (bicyclic) bond motifs is 1. The van der Waals surface area contributed by atoms with Crippen LogP contribution in [0.3, 0.4) is 0 Å². The van der Waals surface area contributed by atoms with Crippen molar-refractivity contribution >= 4 is 11.0 Å². The summed E-state index contributed by atoms with van der Waals surface area (Å²) >= 11 is 0. The highest BCUT2D eigenvalue weighted by Crippen LogP contribution is 2.19. The molecule has 1 aromatic carbocycles. The van der Waals surface area contributed by atoms with Crippen LogP contribution in [-0.2, 0) is 19.5 Å². The van der Waals surface area contributed by atoms with Gasteiger partial charge in [0.05, 0.1) is 23.3 Å². The lowest BCUT2D eigenvalue weighted by Gasteiger charge is -2.02. The molecule has 0 fully saturated rings. The van der Waals surface area contributed by atoms with E-state index in [0.29, 0.717) is 0 Å². The van der Waals surface area contributed by atoms with E-state index in [1.54, 1.807) is 0 Å². The van der Waals surface area contributed by atoms with Crippen LogP contribution >= 0.6 is 0 Å². The van der Waals surface area contributed by atoms with Crippen LogP contribution in [0.25, 0.3) is 11.0 Å². The topological polar surface area (TPSA) is 58.5 Å². The molecule has 0 unspecified atom stereocenters. The van der Waals surface area contributed by atoms with E-state index >= 15 is 0 Å². The molecule has 0 aliphatic heterocycles. The van der Waals surface area contributed by atoms with Crippen LogP contribution < -0.4 is 5.32 Å². The third-order valence-corrected chi connectivity index (χ3v) is 4.67. The van der Waals surface area contributed by atoms with Crippen molar-refractivity contribution in [3.63, 3.8) is 0 Å². The molecule has 0 spiro atoms. The van der Waals surface area contributed by atoms with E-state index in [1.165, 1.54) is 16.7 Å². The summed E-state index contributed by atoms with van der Waals surface area (Å²) in [5, 5.41) is 7.98. The molecule has 2 aromatic heterocycles. The van der Waals surface area contributed by atoms with Crippen molar-refractivity contribution in [3.8, 4) is 0 Å². The van der Waals surface area contributed by atoms with Crippen molar-refractivity contribution in [1.29, 1.82) is 0 Å². The van der Waals surface area contributed by atoms with Crippen molar-refractivity contribution in [2.45, 2.75) is 46.7 Å². The van der Waals surface area contributed by atoms with Crippen LogP contribution in [0.1, 0.15) is 34.6 Å². The summed E-state index contributed by atoms with van der Waals surface area (Å²) in [5.41, 5.74) is 7.13. The van der Waals surface area contributed by atoms with Gasteiger partial charge in [-0.05, 0) is 50.9 Å². The minimum absolute atomic E-state index is 0.756. The van der Waals surface area contributed by atoms with Crippen LogP contribution in [-0.4, -0.2) is 26.3 Å². The van der Waals surface area contributed by atoms with E-state index < -0.39 is 0 Å². The summed E-state index contributed by atoms with van der Waals surface area (Å²) in [6, 6.07) is 4.27. The number of benzene rings is 1. The van der Waals surface area contributed by atoms with Crippen molar-refractivity contribution in [1.82, 2.24) is 25.1 Å². The first-order valence-electron chi connectivity index (χ1n) is 8.88. The highest BCUT2D eigenvalue weighted by molar-refractivity contribution is 5.79. The van der Waals surface area contributed by atoms with Gasteiger partial charge in [0.25, 0.3) is 0 Å². The fraction of sp³-hybridized carbons (Fsp3) is 0.400. The van der Waals surface area contributed by atoms with E-state index in [2.05, 4.69) is 61.1 Å². The second kappa shape index (κ2) is 7.66. The molecule has 5 nitrogen and oxygen atoms in total. The summed E-state index contributed by atoms with van der Waals surface area (Å²) in [6.45, 7) is 12.6. The van der Waals surface area contributed by atoms with Gasteiger partial charge in [-0.1, -0.05) is 12.1 Å². The molecular weight excluding hydrogens is 310 g/mol. The Morgan fingerprint density at radius 2 is 2.12 bits per heavy atom. The Balaban J connectivity index is 1.49. The first-order chi connectivity index (χ1) is 12.1. The molecule has 0 saturated carbocycles. The lowest BCUT2D eigenvalue weighted by Crippen LogP contribution is -2.15. The first-order valence-corrected chi connectivity index (χ1v) is 8.88. The SMILES string of the molecule is C=CCn1cc(CNCCCc2nc3c(C)c(C)ccc3[nH]2)c(C)n1. The smallest absolute Gasteiger partial charge is 0.107 e. The van der Waals surface area contributed by atoms with Gasteiger partial charge in [-0.15, -0.1) is 6.58 Å². The predicted octanol–water partition coefficient (Wildman–Crippen LogP) is 3.59. The molecule has 0 atom stereocenters. The molecule has 0 saturated heterocycles. The summed E-state index contributed by atoms with van der Waals surface area (Å²) in [5.74, 6) is 1.07. The number of hydrogen-bond acceptors (Lipinski definition) is 3. The molecule has 2 heterocycles. The molecular formula is C20H27N5. The lowest BCUT2D eigenvalue weighted by atomic mass is 10.1. The molecule has 2 N–H and O–H groups in total. The Morgan fingerprint density at radius 3 is 2.92 bits per heavy atom. The fourth-order valence-electron chi connectivity index (χ4n) is 3.05. The number of aromatic amines is 1. The van der Waals surface area contributed by atoms with Gasteiger partial charge in [0.1, 0.15) is 5.82 Å². The maximum atomic E-state index is 4.76. The van der Waals surface area contributed by atoms with Crippen molar-refractivity contribution in [2.75, 3.05) is 6.54 Å². The molecule has 132 valence electrons. The number of aromatic nitrogens is 4. The van der Waals surface area contributed by atoms with Crippen molar-refractivity contribution in [3.05, 3.63) is 59.2 Å². The Bertz CT molecular complexity index is 872. The molecule has 0 radical (unpaired) electrons. The number of nitrogens with one attached hydrogen (secondary N) is 2. The molecule has 0 aliphatic rings. The summed E-state index contributed by atoms with van der Waals surface area (Å²) < 4.78 is 1.93. The second-order valence-corrected chi connectivity index (χ2v) is 6.62. The van der Waals surface area contributed by atoms with E-state index in [0.717, 1.165) is 55.0 Å². The number of aryl methyl sites for hydroxylation is 4. The van der Waals surface area contributed by atoms with Gasteiger partial charge >= 0.3 is 0 Å². The Kier molecular flexibility index (Phi) is 5.34. The standard InChI is InChI=1S/C20H27N5/c1-5-11-25-13-17(16(4)24-25)12-21-10-6-7-19-22-18-9-8-14(2)15(3)20(18)23-19/h5,8-9,13,21H,1,6-7,10-12H2,2-4H3,(H,22,23). The van der Waals surface area contributed by atoms with Crippen LogP contribution in [0, 0.1) is 20.8 Å². The molecule has 0 amide bonds. The van der Waals surface area contributed by atoms with E-state index in [-0.39, 0.29) is 0 Å². The molecule has 0 bridgehead atoms. The summed E-state index contributed by atoms with van der Waals surface area (Å²) in [7, 11) is 0. The van der Waals surface area contributed by atoms with Crippen molar-refractivity contribution < 1.29 is 0 Å². The van der Waals surface area contributed by atoms with Crippen LogP contribution in [0.15, 0.2) is 31.0 Å². The molecule has 25 heavy (non-hydrogen) atoms. The monoisotopic (exact) mass is 337 g/mol. The predicted molar refractivity (Wildman–Crippen MR) is 103 cm³/mol. The van der Waals surface area contributed by atoms with Gasteiger partial charge in [-0.2, -0.15) is 5.10 Å². The first kappa shape index (κ1) is 17.4. The van der Waals surface area contributed by atoms with Crippen LogP contribution in [0.4, 0.5) is 0 Å². The quantitative estimate of drug-likeness (QED) is 0.488. The fourth-order valence-corrected chi connectivity index (χ4v) is 3.05. The van der Waals surface area contributed by atoms with Gasteiger partial charge in [0.2, 0.25) is 0 Å². The number of hydrogen-bond donors (Lipinski definition) is 2. The Morgan fingerprint density at radius 1 is 1.28 bits per heavy atom. The van der Waals surface area contributed by atoms with Gasteiger partial charge in [-0.25, -0.2) is 4.98 Å². The lowest BCUT2D eigenvalue weighted by molar-refractivity contribution is 0.639. The van der Waals surface area contributed by atoms with E-state index in [4.69, 9.17) is 4.98 Å². The number of nitrogens with zero attached hydrogens (tertiary/aromatic N) is 3. The van der Waals surface area contributed by atoms with Crippen LogP contribution in [0.2, 0.25) is 0 Å². The number of rotatable bonds is 8. The Hall–Kier alpha value is -2.40. The largest absolute Gasteiger partial charge is 0.342 e. The minimum Gasteiger partial charge on any atom is -0.342 e. The maximum Gasteiger partial charge on any atom is 0.107 e. The second-order valence-electron chi connectivity index (χ2n) is 6.62. The third-order valence-electron chi connectivity index (χ3n) is 4.67. The zero-order valence-electron chi connectivity index (χ0n) is 15.4. The summed E-state index contributed by atoms with van der Waals surface area (Å²) in [4.78, 5) is 8.20. The van der Waals surface area contributed by atoms with Gasteiger partial charge < -0.3 is 10.3 Å². The number of H-pyrrole nitrogens is 1. The zero-order chi connectivity index (χ0) is 17.8. The average Bonchev–Trinajstić information content (AvgIpc) is 3.15. The molecule has 3 rings (SSSR count). The van der Waals surface area contributed by atoms with Gasteiger partial charge in [-0.3, -0.25) is 4.68 Å². The van der Waals surface area contributed by atoms with E-state index in [9.17, 15) is 0 Å². The van der Waals surface area contributed by atoms with Crippen molar-refractivity contribution in [2.24, 2.45) is 0 Å². The zero-order valence-corrected chi connectivity index (χ0v) is 15.4. The summed E-state index contributed by atoms with van der Waals surface area (Å²) in [6.07, 6.45) is 5.96. The Labute approximate surface area is 149 Å². The van der Waals surface area contributed by atoms with Gasteiger partial charge in [0, 0.05) is 24.7 Å². The minimum atomic E-state index is 0.756.